The second-order valence-electron chi connectivity index (χ2n) is 4.47. The van der Waals surface area contributed by atoms with Gasteiger partial charge in [0.15, 0.2) is 0 Å². The first-order valence-corrected chi connectivity index (χ1v) is 5.81. The molecule has 0 amide bonds. The van der Waals surface area contributed by atoms with E-state index in [9.17, 15) is 0 Å². The van der Waals surface area contributed by atoms with Crippen LogP contribution in [0.3, 0.4) is 0 Å². The summed E-state index contributed by atoms with van der Waals surface area (Å²) in [6.07, 6.45) is 4.02. The van der Waals surface area contributed by atoms with Gasteiger partial charge in [-0.1, -0.05) is 0 Å². The van der Waals surface area contributed by atoms with Crippen LogP contribution in [0.15, 0.2) is 12.1 Å². The Morgan fingerprint density at radius 1 is 1.00 bits per heavy atom. The minimum Gasteiger partial charge on any atom is -0.399 e. The quantitative estimate of drug-likeness (QED) is 0.713. The molecule has 2 nitrogen and oxygen atoms in total. The van der Waals surface area contributed by atoms with E-state index in [1.54, 1.807) is 0 Å². The van der Waals surface area contributed by atoms with Gasteiger partial charge in [-0.3, -0.25) is 0 Å². The van der Waals surface area contributed by atoms with E-state index in [0.717, 1.165) is 5.69 Å². The maximum atomic E-state index is 5.90. The van der Waals surface area contributed by atoms with E-state index < -0.39 is 0 Å². The average Bonchev–Trinajstić information content (AvgIpc) is 2.27. The molecule has 0 atom stereocenters. The molecule has 0 aromatic heterocycles. The average molecular weight is 204 g/mol. The Kier molecular flexibility index (Phi) is 2.85. The molecule has 1 heterocycles. The zero-order valence-corrected chi connectivity index (χ0v) is 9.71. The molecule has 1 saturated heterocycles. The number of piperidine rings is 1. The zero-order chi connectivity index (χ0) is 10.8. The van der Waals surface area contributed by atoms with Crippen molar-refractivity contribution < 1.29 is 0 Å². The summed E-state index contributed by atoms with van der Waals surface area (Å²) >= 11 is 0. The van der Waals surface area contributed by atoms with E-state index >= 15 is 0 Å². The first-order valence-electron chi connectivity index (χ1n) is 5.81. The number of nitrogen functional groups attached to an aromatic ring is 1. The van der Waals surface area contributed by atoms with Crippen LogP contribution >= 0.6 is 0 Å². The lowest BCUT2D eigenvalue weighted by Gasteiger charge is -2.30. The largest absolute Gasteiger partial charge is 0.399 e. The van der Waals surface area contributed by atoms with Crippen molar-refractivity contribution in [1.82, 2.24) is 0 Å². The second kappa shape index (κ2) is 4.13. The Morgan fingerprint density at radius 2 is 1.67 bits per heavy atom. The lowest BCUT2D eigenvalue weighted by molar-refractivity contribution is 0.577. The summed E-state index contributed by atoms with van der Waals surface area (Å²) in [4.78, 5) is 2.49. The van der Waals surface area contributed by atoms with Gasteiger partial charge in [-0.25, -0.2) is 0 Å². The number of hydrogen-bond acceptors (Lipinski definition) is 2. The second-order valence-corrected chi connectivity index (χ2v) is 4.47. The third-order valence-corrected chi connectivity index (χ3v) is 3.50. The van der Waals surface area contributed by atoms with Gasteiger partial charge in [0.1, 0.15) is 0 Å². The van der Waals surface area contributed by atoms with Crippen LogP contribution in [-0.2, 0) is 0 Å². The van der Waals surface area contributed by atoms with Crippen molar-refractivity contribution in [3.05, 3.63) is 23.3 Å². The summed E-state index contributed by atoms with van der Waals surface area (Å²) in [5.41, 5.74) is 10.8. The fraction of sp³-hybridized carbons (Fsp3) is 0.538. The molecule has 0 spiro atoms. The van der Waals surface area contributed by atoms with Crippen LogP contribution in [0.2, 0.25) is 0 Å². The molecule has 82 valence electrons. The summed E-state index contributed by atoms with van der Waals surface area (Å²) in [6, 6.07) is 4.20. The molecular formula is C13H20N2. The van der Waals surface area contributed by atoms with Crippen LogP contribution in [0, 0.1) is 13.8 Å². The van der Waals surface area contributed by atoms with E-state index in [1.807, 2.05) is 6.07 Å². The highest BCUT2D eigenvalue weighted by molar-refractivity contribution is 5.64. The van der Waals surface area contributed by atoms with Crippen molar-refractivity contribution in [3.8, 4) is 0 Å². The van der Waals surface area contributed by atoms with E-state index in [1.165, 1.54) is 49.2 Å². The number of nitrogens with zero attached hydrogens (tertiary/aromatic N) is 1. The normalized spacial score (nSPS) is 16.8. The SMILES string of the molecule is Cc1c(N)ccc(N2CCCCC2)c1C. The predicted molar refractivity (Wildman–Crippen MR) is 66.4 cm³/mol. The zero-order valence-electron chi connectivity index (χ0n) is 9.71. The van der Waals surface area contributed by atoms with Crippen molar-refractivity contribution in [3.63, 3.8) is 0 Å². The molecule has 0 bridgehead atoms. The molecule has 15 heavy (non-hydrogen) atoms. The molecule has 0 aliphatic carbocycles. The molecule has 1 aliphatic rings. The van der Waals surface area contributed by atoms with Gasteiger partial charge in [0.25, 0.3) is 0 Å². The first-order chi connectivity index (χ1) is 7.20. The van der Waals surface area contributed by atoms with E-state index in [2.05, 4.69) is 24.8 Å². The molecule has 1 aromatic carbocycles. The van der Waals surface area contributed by atoms with E-state index in [0.29, 0.717) is 0 Å². The fourth-order valence-corrected chi connectivity index (χ4v) is 2.30. The van der Waals surface area contributed by atoms with Crippen molar-refractivity contribution in [2.75, 3.05) is 23.7 Å². The summed E-state index contributed by atoms with van der Waals surface area (Å²) in [5.74, 6) is 0. The Hall–Kier alpha value is -1.18. The Labute approximate surface area is 92.1 Å². The smallest absolute Gasteiger partial charge is 0.0400 e. The standard InChI is InChI=1S/C13H20N2/c1-10-11(2)13(7-6-12(10)14)15-8-4-3-5-9-15/h6-7H,3-5,8-9,14H2,1-2H3. The van der Waals surface area contributed by atoms with Crippen molar-refractivity contribution in [2.24, 2.45) is 0 Å². The lowest BCUT2D eigenvalue weighted by Crippen LogP contribution is -2.30. The molecule has 0 saturated carbocycles. The number of anilines is 2. The molecule has 2 rings (SSSR count). The summed E-state index contributed by atoms with van der Waals surface area (Å²) in [7, 11) is 0. The number of hydrogen-bond donors (Lipinski definition) is 1. The van der Waals surface area contributed by atoms with Crippen LogP contribution in [0.1, 0.15) is 30.4 Å². The summed E-state index contributed by atoms with van der Waals surface area (Å²) in [5, 5.41) is 0. The minimum absolute atomic E-state index is 0.910. The van der Waals surface area contributed by atoms with Gasteiger partial charge in [0, 0.05) is 24.5 Å². The van der Waals surface area contributed by atoms with Crippen molar-refractivity contribution in [1.29, 1.82) is 0 Å². The van der Waals surface area contributed by atoms with Crippen LogP contribution in [-0.4, -0.2) is 13.1 Å². The van der Waals surface area contributed by atoms with Crippen LogP contribution in [0.25, 0.3) is 0 Å². The Balaban J connectivity index is 2.31. The first kappa shape index (κ1) is 10.3. The predicted octanol–water partition coefficient (Wildman–Crippen LogP) is 2.88. The topological polar surface area (TPSA) is 29.3 Å². The van der Waals surface area contributed by atoms with Gasteiger partial charge < -0.3 is 10.6 Å². The molecule has 1 aromatic rings. The molecule has 1 aliphatic heterocycles. The Bertz CT molecular complexity index is 352. The highest BCUT2D eigenvalue weighted by Crippen LogP contribution is 2.28. The van der Waals surface area contributed by atoms with Gasteiger partial charge in [-0.05, 0) is 56.4 Å². The van der Waals surface area contributed by atoms with Crippen LogP contribution in [0.5, 0.6) is 0 Å². The van der Waals surface area contributed by atoms with E-state index in [4.69, 9.17) is 5.73 Å². The summed E-state index contributed by atoms with van der Waals surface area (Å²) in [6.45, 7) is 6.68. The van der Waals surface area contributed by atoms with Gasteiger partial charge in [-0.15, -0.1) is 0 Å². The Morgan fingerprint density at radius 3 is 2.33 bits per heavy atom. The van der Waals surface area contributed by atoms with Crippen LogP contribution in [0.4, 0.5) is 11.4 Å². The summed E-state index contributed by atoms with van der Waals surface area (Å²) < 4.78 is 0. The van der Waals surface area contributed by atoms with Gasteiger partial charge in [0.2, 0.25) is 0 Å². The number of nitrogens with two attached hydrogens (primary N) is 1. The van der Waals surface area contributed by atoms with Crippen molar-refractivity contribution >= 4 is 11.4 Å². The maximum absolute atomic E-state index is 5.90. The molecule has 1 fully saturated rings. The molecule has 2 N–H and O–H groups in total. The van der Waals surface area contributed by atoms with Gasteiger partial charge >= 0.3 is 0 Å². The minimum atomic E-state index is 0.910. The van der Waals surface area contributed by atoms with Crippen LogP contribution < -0.4 is 10.6 Å². The third kappa shape index (κ3) is 1.94. The third-order valence-electron chi connectivity index (χ3n) is 3.50. The van der Waals surface area contributed by atoms with E-state index in [-0.39, 0.29) is 0 Å². The highest BCUT2D eigenvalue weighted by Gasteiger charge is 2.14. The monoisotopic (exact) mass is 204 g/mol. The van der Waals surface area contributed by atoms with Crippen molar-refractivity contribution in [2.45, 2.75) is 33.1 Å². The lowest BCUT2D eigenvalue weighted by atomic mass is 10.0. The molecule has 0 unspecified atom stereocenters. The van der Waals surface area contributed by atoms with Gasteiger partial charge in [-0.2, -0.15) is 0 Å². The van der Waals surface area contributed by atoms with Gasteiger partial charge in [0.05, 0.1) is 0 Å². The molecule has 2 heteroatoms. The number of rotatable bonds is 1. The molecule has 0 radical (unpaired) electrons. The molecular weight excluding hydrogens is 184 g/mol. The maximum Gasteiger partial charge on any atom is 0.0400 e. The highest BCUT2D eigenvalue weighted by atomic mass is 15.1. The fourth-order valence-electron chi connectivity index (χ4n) is 2.30. The number of benzene rings is 1.